The van der Waals surface area contributed by atoms with Crippen LogP contribution in [0.15, 0.2) is 106 Å². The number of thioether (sulfide) groups is 1. The number of hydrogen-bond donors (Lipinski definition) is 0. The monoisotopic (exact) mass is 515 g/mol. The van der Waals surface area contributed by atoms with Crippen LogP contribution >= 0.6 is 27.7 Å². The molecule has 1 aromatic heterocycles. The van der Waals surface area contributed by atoms with Gasteiger partial charge in [0.25, 0.3) is 0 Å². The van der Waals surface area contributed by atoms with Crippen LogP contribution in [-0.4, -0.2) is 32.8 Å². The lowest BCUT2D eigenvalue weighted by Crippen LogP contribution is -2.28. The predicted octanol–water partition coefficient (Wildman–Crippen LogP) is 5.77. The third kappa shape index (κ3) is 4.67. The lowest BCUT2D eigenvalue weighted by atomic mass is 10.1. The Hall–Kier alpha value is -3.49. The first-order valence-corrected chi connectivity index (χ1v) is 12.0. The number of amides is 1. The first-order valence-electron chi connectivity index (χ1n) is 10.2. The second-order valence-electron chi connectivity index (χ2n) is 7.20. The number of benzene rings is 3. The van der Waals surface area contributed by atoms with Gasteiger partial charge in [-0.3, -0.25) is 9.69 Å². The summed E-state index contributed by atoms with van der Waals surface area (Å²) in [6.45, 7) is 0. The Morgan fingerprint density at radius 2 is 1.58 bits per heavy atom. The van der Waals surface area contributed by atoms with E-state index in [0.29, 0.717) is 10.9 Å². The van der Waals surface area contributed by atoms with Crippen LogP contribution in [0.4, 0.5) is 5.69 Å². The molecule has 0 bridgehead atoms. The summed E-state index contributed by atoms with van der Waals surface area (Å²) in [5.41, 5.74) is 4.33. The molecule has 162 valence electrons. The van der Waals surface area contributed by atoms with Gasteiger partial charge >= 0.3 is 0 Å². The van der Waals surface area contributed by atoms with Crippen LogP contribution in [0.5, 0.6) is 0 Å². The molecule has 0 saturated carbocycles. The Bertz CT molecular complexity index is 1330. The molecule has 5 rings (SSSR count). The predicted molar refractivity (Wildman–Crippen MR) is 138 cm³/mol. The highest BCUT2D eigenvalue weighted by Gasteiger charge is 2.29. The van der Waals surface area contributed by atoms with Crippen molar-refractivity contribution in [2.75, 3.05) is 10.7 Å². The average molecular weight is 516 g/mol. The molecule has 1 saturated heterocycles. The van der Waals surface area contributed by atoms with E-state index in [4.69, 9.17) is 5.10 Å². The topological polar surface area (TPSA) is 62.9 Å². The number of rotatable bonds is 5. The summed E-state index contributed by atoms with van der Waals surface area (Å²) in [5.74, 6) is 0.340. The van der Waals surface area contributed by atoms with Crippen molar-refractivity contribution < 1.29 is 4.79 Å². The molecule has 0 radical (unpaired) electrons. The fourth-order valence-corrected chi connectivity index (χ4v) is 4.52. The molecular formula is C25H18BrN5OS. The maximum Gasteiger partial charge on any atom is 0.243 e. The van der Waals surface area contributed by atoms with Gasteiger partial charge in [-0.05, 0) is 36.4 Å². The Balaban J connectivity index is 1.50. The molecule has 0 aliphatic carbocycles. The molecule has 1 amide bonds. The molecule has 2 heterocycles. The average Bonchev–Trinajstić information content (AvgIpc) is 3.44. The van der Waals surface area contributed by atoms with Crippen molar-refractivity contribution in [1.29, 1.82) is 0 Å². The van der Waals surface area contributed by atoms with Crippen molar-refractivity contribution in [2.24, 2.45) is 10.2 Å². The van der Waals surface area contributed by atoms with Crippen LogP contribution in [0.25, 0.3) is 16.9 Å². The molecule has 0 atom stereocenters. The van der Waals surface area contributed by atoms with Crippen LogP contribution in [0.1, 0.15) is 5.56 Å². The minimum Gasteiger partial charge on any atom is -0.273 e. The summed E-state index contributed by atoms with van der Waals surface area (Å²) in [6.07, 6.45) is 3.61. The van der Waals surface area contributed by atoms with Gasteiger partial charge in [-0.25, -0.2) is 4.68 Å². The summed E-state index contributed by atoms with van der Waals surface area (Å²) in [7, 11) is 0. The van der Waals surface area contributed by atoms with Gasteiger partial charge in [-0.2, -0.15) is 10.2 Å². The Labute approximate surface area is 203 Å². The third-order valence-corrected chi connectivity index (χ3v) is 6.44. The minimum atomic E-state index is -0.00685. The van der Waals surface area contributed by atoms with E-state index in [9.17, 15) is 4.79 Å². The smallest absolute Gasteiger partial charge is 0.243 e. The zero-order chi connectivity index (χ0) is 22.6. The maximum atomic E-state index is 12.4. The van der Waals surface area contributed by atoms with Crippen molar-refractivity contribution in [3.8, 4) is 16.9 Å². The van der Waals surface area contributed by atoms with E-state index >= 15 is 0 Å². The number of amidine groups is 1. The molecule has 3 aromatic carbocycles. The van der Waals surface area contributed by atoms with E-state index in [0.717, 1.165) is 32.7 Å². The fraction of sp³-hybridized carbons (Fsp3) is 0.0400. The molecule has 0 spiro atoms. The summed E-state index contributed by atoms with van der Waals surface area (Å²) in [4.78, 5) is 14.0. The third-order valence-electron chi connectivity index (χ3n) is 5.00. The van der Waals surface area contributed by atoms with E-state index in [1.165, 1.54) is 11.8 Å². The van der Waals surface area contributed by atoms with Crippen molar-refractivity contribution in [3.63, 3.8) is 0 Å². The highest BCUT2D eigenvalue weighted by Crippen LogP contribution is 2.27. The van der Waals surface area contributed by atoms with Gasteiger partial charge in [-0.15, -0.1) is 5.10 Å². The van der Waals surface area contributed by atoms with Crippen LogP contribution in [0.2, 0.25) is 0 Å². The molecule has 1 aliphatic heterocycles. The number of hydrogen-bond acceptors (Lipinski definition) is 5. The Kier molecular flexibility index (Phi) is 6.19. The lowest BCUT2D eigenvalue weighted by molar-refractivity contribution is -0.115. The van der Waals surface area contributed by atoms with Gasteiger partial charge in [0, 0.05) is 21.8 Å². The molecule has 0 unspecified atom stereocenters. The number of para-hydroxylation sites is 2. The van der Waals surface area contributed by atoms with Crippen LogP contribution < -0.4 is 4.90 Å². The van der Waals surface area contributed by atoms with Crippen molar-refractivity contribution >= 4 is 50.7 Å². The molecule has 4 aromatic rings. The normalized spacial score (nSPS) is 15.1. The molecule has 8 heteroatoms. The van der Waals surface area contributed by atoms with Gasteiger partial charge < -0.3 is 0 Å². The lowest BCUT2D eigenvalue weighted by Gasteiger charge is -2.14. The number of aromatic nitrogens is 2. The van der Waals surface area contributed by atoms with E-state index in [1.807, 2.05) is 95.8 Å². The molecule has 6 nitrogen and oxygen atoms in total. The quantitative estimate of drug-likeness (QED) is 0.250. The summed E-state index contributed by atoms with van der Waals surface area (Å²) >= 11 is 4.86. The Morgan fingerprint density at radius 3 is 2.27 bits per heavy atom. The largest absolute Gasteiger partial charge is 0.273 e. The van der Waals surface area contributed by atoms with E-state index in [2.05, 4.69) is 26.1 Å². The van der Waals surface area contributed by atoms with Crippen LogP contribution in [-0.2, 0) is 4.79 Å². The summed E-state index contributed by atoms with van der Waals surface area (Å²) in [5, 5.41) is 14.1. The van der Waals surface area contributed by atoms with Gasteiger partial charge in [0.1, 0.15) is 5.69 Å². The number of carbonyl (C=O) groups is 1. The van der Waals surface area contributed by atoms with Gasteiger partial charge in [0.15, 0.2) is 5.17 Å². The second kappa shape index (κ2) is 9.56. The second-order valence-corrected chi connectivity index (χ2v) is 9.06. The zero-order valence-corrected chi connectivity index (χ0v) is 19.8. The van der Waals surface area contributed by atoms with Gasteiger partial charge in [0.2, 0.25) is 5.91 Å². The van der Waals surface area contributed by atoms with Gasteiger partial charge in [-0.1, -0.05) is 76.2 Å². The standard InChI is InChI=1S/C25H18BrN5OS/c26-20-13-11-18(12-14-20)24-19(16-30(29-24)21-7-3-1-4-8-21)15-27-28-25-31(23(32)17-33-25)22-9-5-2-6-10-22/h1-16H,17H2/b27-15-,28-25+. The van der Waals surface area contributed by atoms with Crippen LogP contribution in [0, 0.1) is 0 Å². The van der Waals surface area contributed by atoms with E-state index < -0.39 is 0 Å². The SMILES string of the molecule is O=C1CS/C(=N/N=C\c2cn(-c3ccccc3)nc2-c2ccc(Br)cc2)N1c1ccccc1. The highest BCUT2D eigenvalue weighted by molar-refractivity contribution is 9.10. The molecule has 33 heavy (non-hydrogen) atoms. The van der Waals surface area contributed by atoms with Crippen molar-refractivity contribution in [3.05, 3.63) is 101 Å². The first kappa shape index (κ1) is 21.4. The summed E-state index contributed by atoms with van der Waals surface area (Å²) < 4.78 is 2.83. The molecule has 0 N–H and O–H groups in total. The zero-order valence-electron chi connectivity index (χ0n) is 17.4. The van der Waals surface area contributed by atoms with Crippen molar-refractivity contribution in [2.45, 2.75) is 0 Å². The maximum absolute atomic E-state index is 12.4. The van der Waals surface area contributed by atoms with Crippen molar-refractivity contribution in [1.82, 2.24) is 9.78 Å². The number of carbonyl (C=O) groups excluding carboxylic acids is 1. The van der Waals surface area contributed by atoms with Crippen LogP contribution in [0.3, 0.4) is 0 Å². The fourth-order valence-electron chi connectivity index (χ4n) is 3.43. The molecule has 1 aliphatic rings. The molecular weight excluding hydrogens is 498 g/mol. The summed E-state index contributed by atoms with van der Waals surface area (Å²) in [6, 6.07) is 27.4. The van der Waals surface area contributed by atoms with E-state index in [1.54, 1.807) is 11.1 Å². The number of halogens is 1. The van der Waals surface area contributed by atoms with E-state index in [-0.39, 0.29) is 5.91 Å². The minimum absolute atomic E-state index is 0.00685. The first-order chi connectivity index (χ1) is 16.2. The Morgan fingerprint density at radius 1 is 0.909 bits per heavy atom. The molecule has 1 fully saturated rings. The van der Waals surface area contributed by atoms with Gasteiger partial charge in [0.05, 0.1) is 23.3 Å². The highest BCUT2D eigenvalue weighted by atomic mass is 79.9. The number of anilines is 1. The number of nitrogens with zero attached hydrogens (tertiary/aromatic N) is 5.